The van der Waals surface area contributed by atoms with Crippen LogP contribution >= 0.6 is 12.4 Å². The van der Waals surface area contributed by atoms with Gasteiger partial charge >= 0.3 is 5.97 Å². The first-order valence-electron chi connectivity index (χ1n) is 7.31. The highest BCUT2D eigenvalue weighted by Gasteiger charge is 2.27. The Labute approximate surface area is 143 Å². The van der Waals surface area contributed by atoms with Crippen molar-refractivity contribution in [2.24, 2.45) is 11.7 Å². The number of rotatable bonds is 5. The maximum absolute atomic E-state index is 12.5. The fourth-order valence-corrected chi connectivity index (χ4v) is 4.18. The van der Waals surface area contributed by atoms with E-state index in [1.54, 1.807) is 24.3 Å². The van der Waals surface area contributed by atoms with Crippen molar-refractivity contribution in [2.45, 2.75) is 18.6 Å². The summed E-state index contributed by atoms with van der Waals surface area (Å²) in [6.45, 7) is 1.64. The summed E-state index contributed by atoms with van der Waals surface area (Å²) in [6.07, 6.45) is 1.61. The van der Waals surface area contributed by atoms with E-state index in [9.17, 15) is 13.2 Å². The van der Waals surface area contributed by atoms with Gasteiger partial charge < -0.3 is 10.5 Å². The van der Waals surface area contributed by atoms with Gasteiger partial charge in [0.05, 0.1) is 18.4 Å². The van der Waals surface area contributed by atoms with Crippen LogP contribution in [0.3, 0.4) is 0 Å². The standard InChI is InChI=1S/C15H22N2O4S.ClH/c1-21-15(18)14-4-2-3-13(9-14)11-22(19,20)17-7-5-12(10-16)6-8-17;/h2-4,9,12H,5-8,10-11,16H2,1H3;1H. The molecule has 0 amide bonds. The van der Waals surface area contributed by atoms with Crippen molar-refractivity contribution in [3.8, 4) is 0 Å². The lowest BCUT2D eigenvalue weighted by atomic mass is 9.99. The van der Waals surface area contributed by atoms with Crippen LogP contribution < -0.4 is 5.73 Å². The Morgan fingerprint density at radius 2 is 2.00 bits per heavy atom. The number of nitrogens with zero attached hydrogens (tertiary/aromatic N) is 1. The highest BCUT2D eigenvalue weighted by Crippen LogP contribution is 2.21. The number of carbonyl (C=O) groups excluding carboxylic acids is 1. The monoisotopic (exact) mass is 362 g/mol. The smallest absolute Gasteiger partial charge is 0.337 e. The van der Waals surface area contributed by atoms with Gasteiger partial charge in [-0.2, -0.15) is 0 Å². The number of halogens is 1. The molecule has 1 fully saturated rings. The third-order valence-electron chi connectivity index (χ3n) is 4.00. The Morgan fingerprint density at radius 1 is 1.35 bits per heavy atom. The van der Waals surface area contributed by atoms with E-state index >= 15 is 0 Å². The van der Waals surface area contributed by atoms with Crippen molar-refractivity contribution in [3.63, 3.8) is 0 Å². The molecule has 2 N–H and O–H groups in total. The molecule has 130 valence electrons. The maximum atomic E-state index is 12.5. The van der Waals surface area contributed by atoms with E-state index in [0.29, 0.717) is 36.7 Å². The minimum atomic E-state index is -3.38. The number of methoxy groups -OCH3 is 1. The molecule has 1 saturated heterocycles. The molecule has 2 rings (SSSR count). The first kappa shape index (κ1) is 19.9. The highest BCUT2D eigenvalue weighted by molar-refractivity contribution is 7.88. The Balaban J connectivity index is 0.00000264. The second kappa shape index (κ2) is 8.63. The molecule has 1 heterocycles. The SMILES string of the molecule is COC(=O)c1cccc(CS(=O)(=O)N2CCC(CN)CC2)c1.Cl. The average Bonchev–Trinajstić information content (AvgIpc) is 2.54. The van der Waals surface area contributed by atoms with Crippen LogP contribution in [-0.2, 0) is 20.5 Å². The van der Waals surface area contributed by atoms with Crippen LogP contribution in [0.25, 0.3) is 0 Å². The van der Waals surface area contributed by atoms with E-state index in [4.69, 9.17) is 5.73 Å². The Kier molecular flexibility index (Phi) is 7.47. The number of hydrogen-bond acceptors (Lipinski definition) is 5. The molecule has 0 aromatic heterocycles. The van der Waals surface area contributed by atoms with Gasteiger partial charge in [0.1, 0.15) is 0 Å². The Bertz CT molecular complexity index is 628. The Morgan fingerprint density at radius 3 is 2.57 bits per heavy atom. The van der Waals surface area contributed by atoms with Gasteiger partial charge in [-0.15, -0.1) is 12.4 Å². The molecule has 0 radical (unpaired) electrons. The summed E-state index contributed by atoms with van der Waals surface area (Å²) in [6, 6.07) is 6.54. The normalized spacial score (nSPS) is 16.6. The zero-order chi connectivity index (χ0) is 16.2. The van der Waals surface area contributed by atoms with Crippen molar-refractivity contribution in [3.05, 3.63) is 35.4 Å². The van der Waals surface area contributed by atoms with Crippen LogP contribution in [0.1, 0.15) is 28.8 Å². The molecule has 23 heavy (non-hydrogen) atoms. The van der Waals surface area contributed by atoms with Gasteiger partial charge in [-0.1, -0.05) is 12.1 Å². The van der Waals surface area contributed by atoms with Crippen LogP contribution in [-0.4, -0.2) is 45.4 Å². The van der Waals surface area contributed by atoms with Gasteiger partial charge in [-0.05, 0) is 43.0 Å². The topological polar surface area (TPSA) is 89.7 Å². The van der Waals surface area contributed by atoms with Crippen molar-refractivity contribution >= 4 is 28.4 Å². The molecule has 0 spiro atoms. The molecule has 0 bridgehead atoms. The lowest BCUT2D eigenvalue weighted by Gasteiger charge is -2.30. The molecule has 1 aliphatic heterocycles. The summed E-state index contributed by atoms with van der Waals surface area (Å²) in [4.78, 5) is 11.5. The largest absolute Gasteiger partial charge is 0.465 e. The van der Waals surface area contributed by atoms with Crippen LogP contribution in [0.2, 0.25) is 0 Å². The van der Waals surface area contributed by atoms with E-state index in [2.05, 4.69) is 4.74 Å². The lowest BCUT2D eigenvalue weighted by molar-refractivity contribution is 0.0600. The van der Waals surface area contributed by atoms with Crippen molar-refractivity contribution in [2.75, 3.05) is 26.7 Å². The molecule has 0 atom stereocenters. The molecule has 6 nitrogen and oxygen atoms in total. The molecule has 0 aliphatic carbocycles. The molecular formula is C15H23ClN2O4S. The number of esters is 1. The first-order valence-corrected chi connectivity index (χ1v) is 8.92. The maximum Gasteiger partial charge on any atom is 0.337 e. The fourth-order valence-electron chi connectivity index (χ4n) is 2.63. The van der Waals surface area contributed by atoms with Gasteiger partial charge in [-0.3, -0.25) is 0 Å². The van der Waals surface area contributed by atoms with Gasteiger partial charge in [0.25, 0.3) is 0 Å². The van der Waals surface area contributed by atoms with Crippen molar-refractivity contribution < 1.29 is 17.9 Å². The lowest BCUT2D eigenvalue weighted by Crippen LogP contribution is -2.40. The van der Waals surface area contributed by atoms with E-state index in [1.165, 1.54) is 11.4 Å². The first-order chi connectivity index (χ1) is 10.5. The number of hydrogen-bond donors (Lipinski definition) is 1. The van der Waals surface area contributed by atoms with E-state index < -0.39 is 16.0 Å². The molecule has 1 aliphatic rings. The second-order valence-electron chi connectivity index (χ2n) is 5.53. The predicted octanol–water partition coefficient (Wildman–Crippen LogP) is 1.40. The number of benzene rings is 1. The number of ether oxygens (including phenoxy) is 1. The minimum absolute atomic E-state index is 0. The molecule has 0 unspecified atom stereocenters. The van der Waals surface area contributed by atoms with E-state index in [-0.39, 0.29) is 18.2 Å². The van der Waals surface area contributed by atoms with Crippen LogP contribution in [0, 0.1) is 5.92 Å². The summed E-state index contributed by atoms with van der Waals surface area (Å²) >= 11 is 0. The van der Waals surface area contributed by atoms with E-state index in [0.717, 1.165) is 12.8 Å². The molecule has 1 aromatic carbocycles. The van der Waals surface area contributed by atoms with Crippen LogP contribution in [0.5, 0.6) is 0 Å². The summed E-state index contributed by atoms with van der Waals surface area (Å²) in [5.74, 6) is -0.164. The predicted molar refractivity (Wildman–Crippen MR) is 91.0 cm³/mol. The molecular weight excluding hydrogens is 340 g/mol. The quantitative estimate of drug-likeness (QED) is 0.799. The number of carbonyl (C=O) groups is 1. The summed E-state index contributed by atoms with van der Waals surface area (Å²) in [5, 5.41) is 0. The third-order valence-corrected chi connectivity index (χ3v) is 5.85. The third kappa shape index (κ3) is 5.17. The van der Waals surface area contributed by atoms with E-state index in [1.807, 2.05) is 0 Å². The number of piperidine rings is 1. The summed E-state index contributed by atoms with van der Waals surface area (Å²) in [5.41, 5.74) is 6.57. The number of sulfonamides is 1. The summed E-state index contributed by atoms with van der Waals surface area (Å²) < 4.78 is 31.1. The second-order valence-corrected chi connectivity index (χ2v) is 7.50. The van der Waals surface area contributed by atoms with Gasteiger partial charge in [0, 0.05) is 13.1 Å². The fraction of sp³-hybridized carbons (Fsp3) is 0.533. The molecule has 8 heteroatoms. The summed E-state index contributed by atoms with van der Waals surface area (Å²) in [7, 11) is -2.08. The van der Waals surface area contributed by atoms with Gasteiger partial charge in [-0.25, -0.2) is 17.5 Å². The van der Waals surface area contributed by atoms with Gasteiger partial charge in [0.2, 0.25) is 10.0 Å². The Hall–Kier alpha value is -1.15. The van der Waals surface area contributed by atoms with Crippen molar-refractivity contribution in [1.29, 1.82) is 0 Å². The number of nitrogens with two attached hydrogens (primary N) is 1. The minimum Gasteiger partial charge on any atom is -0.465 e. The highest BCUT2D eigenvalue weighted by atomic mass is 35.5. The zero-order valence-corrected chi connectivity index (χ0v) is 14.7. The molecule has 0 saturated carbocycles. The zero-order valence-electron chi connectivity index (χ0n) is 13.1. The molecule has 1 aromatic rings. The van der Waals surface area contributed by atoms with Crippen LogP contribution in [0.4, 0.5) is 0 Å². The average molecular weight is 363 g/mol. The van der Waals surface area contributed by atoms with Crippen molar-refractivity contribution in [1.82, 2.24) is 4.31 Å². The van der Waals surface area contributed by atoms with Crippen LogP contribution in [0.15, 0.2) is 24.3 Å². The van der Waals surface area contributed by atoms with Gasteiger partial charge in [0.15, 0.2) is 0 Å².